The molecule has 0 radical (unpaired) electrons. The van der Waals surface area contributed by atoms with E-state index in [0.717, 1.165) is 4.90 Å². The van der Waals surface area contributed by atoms with Crippen molar-refractivity contribution in [1.29, 1.82) is 0 Å². The molecule has 10 nitrogen and oxygen atoms in total. The molecule has 2 rings (SSSR count). The highest BCUT2D eigenvalue weighted by molar-refractivity contribution is 8.00. The minimum atomic E-state index is -1.28. The number of carbonyl (C=O) groups is 5. The summed E-state index contributed by atoms with van der Waals surface area (Å²) in [7, 11) is 0. The molecule has 0 aromatic heterocycles. The molecule has 2 aliphatic heterocycles. The highest BCUT2D eigenvalue weighted by Crippen LogP contribution is 2.41. The molecule has 0 aromatic rings. The van der Waals surface area contributed by atoms with Crippen molar-refractivity contribution >= 4 is 41.3 Å². The summed E-state index contributed by atoms with van der Waals surface area (Å²) in [6, 6.07) is -1.89. The summed E-state index contributed by atoms with van der Waals surface area (Å²) < 4.78 is 0. The summed E-state index contributed by atoms with van der Waals surface area (Å²) in [5.74, 6) is -3.30. The fraction of sp³-hybridized carbons (Fsp3) is 0.562. The van der Waals surface area contributed by atoms with Gasteiger partial charge in [0.25, 0.3) is 5.91 Å². The van der Waals surface area contributed by atoms with Gasteiger partial charge in [0, 0.05) is 18.6 Å². The van der Waals surface area contributed by atoms with Gasteiger partial charge in [-0.1, -0.05) is 0 Å². The lowest BCUT2D eigenvalue weighted by Gasteiger charge is -2.49. The minimum absolute atomic E-state index is 0.0133. The van der Waals surface area contributed by atoms with Crippen LogP contribution < -0.4 is 11.1 Å². The van der Waals surface area contributed by atoms with Gasteiger partial charge in [-0.2, -0.15) is 0 Å². The Hall–Kier alpha value is -2.40. The SMILES string of the molecule is CC(=O)CC1=C(C(=O)O)N2C(=O)[C@@H](NC(=O)CCC[C@@H](N)C(=O)O)[C@H]2SC1. The van der Waals surface area contributed by atoms with E-state index in [4.69, 9.17) is 10.8 Å². The predicted molar refractivity (Wildman–Crippen MR) is 94.4 cm³/mol. The number of fused-ring (bicyclic) bond motifs is 1. The Morgan fingerprint density at radius 1 is 1.33 bits per heavy atom. The molecule has 0 aromatic carbocycles. The van der Waals surface area contributed by atoms with E-state index in [-0.39, 0.29) is 42.9 Å². The standard InChI is InChI=1S/C16H21N3O7S/c1-7(20)5-8-6-27-14-11(13(22)19(14)12(8)16(25)26)18-10(21)4-2-3-9(17)15(23)24/h9,11,14H,2-6,17H2,1H3,(H,18,21)(H,23,24)(H,25,26)/t9-,11-,14-/m1/s1. The maximum atomic E-state index is 12.4. The Balaban J connectivity index is 1.96. The van der Waals surface area contributed by atoms with E-state index in [0.29, 0.717) is 5.57 Å². The van der Waals surface area contributed by atoms with Gasteiger partial charge in [0.15, 0.2) is 0 Å². The van der Waals surface area contributed by atoms with Gasteiger partial charge in [-0.3, -0.25) is 24.1 Å². The summed E-state index contributed by atoms with van der Waals surface area (Å²) in [4.78, 5) is 59.0. The Labute approximate surface area is 159 Å². The number of hydrogen-bond acceptors (Lipinski definition) is 7. The van der Waals surface area contributed by atoms with E-state index in [9.17, 15) is 29.1 Å². The fourth-order valence-corrected chi connectivity index (χ4v) is 4.32. The number of ketones is 1. The molecule has 2 amide bonds. The lowest BCUT2D eigenvalue weighted by atomic mass is 10.0. The van der Waals surface area contributed by atoms with Crippen molar-refractivity contribution in [2.24, 2.45) is 5.73 Å². The van der Waals surface area contributed by atoms with E-state index in [1.165, 1.54) is 18.7 Å². The molecule has 148 valence electrons. The van der Waals surface area contributed by atoms with Gasteiger partial charge in [0.1, 0.15) is 28.9 Å². The number of aliphatic carboxylic acids is 2. The van der Waals surface area contributed by atoms with Crippen LogP contribution in [0.1, 0.15) is 32.6 Å². The van der Waals surface area contributed by atoms with Crippen LogP contribution in [0.3, 0.4) is 0 Å². The molecule has 5 N–H and O–H groups in total. The number of carboxylic acids is 2. The molecule has 0 aliphatic carbocycles. The zero-order valence-electron chi connectivity index (χ0n) is 14.6. The molecule has 2 heterocycles. The molecule has 0 saturated carbocycles. The molecule has 0 spiro atoms. The van der Waals surface area contributed by atoms with Gasteiger partial charge < -0.3 is 21.3 Å². The van der Waals surface area contributed by atoms with Gasteiger partial charge in [-0.25, -0.2) is 4.79 Å². The number of carbonyl (C=O) groups excluding carboxylic acids is 3. The zero-order chi connectivity index (χ0) is 20.3. The monoisotopic (exact) mass is 399 g/mol. The molecule has 1 saturated heterocycles. The molecule has 1 fully saturated rings. The number of β-lactam (4-membered cyclic amide) rings is 1. The third-order valence-corrected chi connectivity index (χ3v) is 5.60. The first-order valence-corrected chi connectivity index (χ1v) is 9.35. The number of carboxylic acid groups (broad SMARTS) is 2. The van der Waals surface area contributed by atoms with Crippen LogP contribution in [-0.4, -0.2) is 67.9 Å². The molecule has 3 atom stereocenters. The lowest BCUT2D eigenvalue weighted by Crippen LogP contribution is -2.70. The van der Waals surface area contributed by atoms with Gasteiger partial charge in [0.2, 0.25) is 5.91 Å². The minimum Gasteiger partial charge on any atom is -0.480 e. The number of nitrogens with two attached hydrogens (primary N) is 1. The number of amides is 2. The van der Waals surface area contributed by atoms with Crippen LogP contribution in [0.2, 0.25) is 0 Å². The average Bonchev–Trinajstić information content (AvgIpc) is 2.58. The van der Waals surface area contributed by atoms with Crippen LogP contribution in [0, 0.1) is 0 Å². The van der Waals surface area contributed by atoms with Gasteiger partial charge in [0.05, 0.1) is 0 Å². The molecule has 27 heavy (non-hydrogen) atoms. The second-order valence-electron chi connectivity index (χ2n) is 6.43. The average molecular weight is 399 g/mol. The Kier molecular flexibility index (Phi) is 6.60. The maximum absolute atomic E-state index is 12.4. The van der Waals surface area contributed by atoms with Crippen molar-refractivity contribution in [2.45, 2.75) is 50.1 Å². The summed E-state index contributed by atoms with van der Waals surface area (Å²) in [6.45, 7) is 1.35. The summed E-state index contributed by atoms with van der Waals surface area (Å²) in [5, 5.41) is 20.1. The number of thioether (sulfide) groups is 1. The van der Waals surface area contributed by atoms with Crippen molar-refractivity contribution in [3.63, 3.8) is 0 Å². The molecular weight excluding hydrogens is 378 g/mol. The summed E-state index contributed by atoms with van der Waals surface area (Å²) >= 11 is 1.29. The third kappa shape index (κ3) is 4.66. The first-order valence-electron chi connectivity index (χ1n) is 8.30. The largest absolute Gasteiger partial charge is 0.480 e. The number of rotatable bonds is 9. The normalized spacial score (nSPS) is 22.6. The van der Waals surface area contributed by atoms with Crippen LogP contribution in [0.15, 0.2) is 11.3 Å². The molecule has 11 heteroatoms. The summed E-state index contributed by atoms with van der Waals surface area (Å²) in [6.07, 6.45) is 0.363. The fourth-order valence-electron chi connectivity index (χ4n) is 2.97. The van der Waals surface area contributed by atoms with E-state index < -0.39 is 41.2 Å². The van der Waals surface area contributed by atoms with Crippen molar-refractivity contribution < 1.29 is 34.2 Å². The van der Waals surface area contributed by atoms with Crippen molar-refractivity contribution in [2.75, 3.05) is 5.75 Å². The van der Waals surface area contributed by atoms with E-state index in [1.54, 1.807) is 0 Å². The first kappa shape index (κ1) is 20.9. The van der Waals surface area contributed by atoms with Crippen molar-refractivity contribution in [3.05, 3.63) is 11.3 Å². The second kappa shape index (κ2) is 8.53. The van der Waals surface area contributed by atoms with E-state index in [2.05, 4.69) is 5.32 Å². The Morgan fingerprint density at radius 3 is 2.56 bits per heavy atom. The molecule has 0 unspecified atom stereocenters. The second-order valence-corrected chi connectivity index (χ2v) is 7.53. The quantitative estimate of drug-likeness (QED) is 0.366. The third-order valence-electron chi connectivity index (χ3n) is 4.26. The topological polar surface area (TPSA) is 167 Å². The number of Topliss-reactive ketones (excluding diaryl/α,β-unsaturated/α-hetero) is 1. The predicted octanol–water partition coefficient (Wildman–Crippen LogP) is -0.714. The summed E-state index contributed by atoms with van der Waals surface area (Å²) in [5.41, 5.74) is 5.56. The molecular formula is C16H21N3O7S. The highest BCUT2D eigenvalue weighted by Gasteiger charge is 2.54. The van der Waals surface area contributed by atoms with Crippen LogP contribution in [0.5, 0.6) is 0 Å². The Bertz CT molecular complexity index is 721. The highest BCUT2D eigenvalue weighted by atomic mass is 32.2. The van der Waals surface area contributed by atoms with Gasteiger partial charge in [-0.15, -0.1) is 11.8 Å². The smallest absolute Gasteiger partial charge is 0.352 e. The van der Waals surface area contributed by atoms with Gasteiger partial charge >= 0.3 is 11.9 Å². The number of hydrogen-bond donors (Lipinski definition) is 4. The number of nitrogens with zero attached hydrogens (tertiary/aromatic N) is 1. The van der Waals surface area contributed by atoms with Crippen LogP contribution in [0.4, 0.5) is 0 Å². The van der Waals surface area contributed by atoms with Crippen LogP contribution >= 0.6 is 11.8 Å². The Morgan fingerprint density at radius 2 is 2.00 bits per heavy atom. The molecule has 0 bridgehead atoms. The molecule has 2 aliphatic rings. The van der Waals surface area contributed by atoms with Crippen LogP contribution in [0.25, 0.3) is 0 Å². The maximum Gasteiger partial charge on any atom is 0.352 e. The first-order chi connectivity index (χ1) is 12.6. The number of nitrogens with one attached hydrogen (secondary N) is 1. The lowest BCUT2D eigenvalue weighted by molar-refractivity contribution is -0.150. The van der Waals surface area contributed by atoms with Crippen LogP contribution in [-0.2, 0) is 24.0 Å². The van der Waals surface area contributed by atoms with Gasteiger partial charge in [-0.05, 0) is 25.3 Å². The zero-order valence-corrected chi connectivity index (χ0v) is 15.5. The van der Waals surface area contributed by atoms with Crippen molar-refractivity contribution in [1.82, 2.24) is 10.2 Å². The van der Waals surface area contributed by atoms with E-state index >= 15 is 0 Å². The van der Waals surface area contributed by atoms with E-state index in [1.807, 2.05) is 0 Å². The van der Waals surface area contributed by atoms with Crippen molar-refractivity contribution in [3.8, 4) is 0 Å².